The van der Waals surface area contributed by atoms with Crippen LogP contribution in [0.5, 0.6) is 0 Å². The molecule has 0 amide bonds. The highest BCUT2D eigenvalue weighted by Crippen LogP contribution is 2.09. The second-order valence-corrected chi connectivity index (χ2v) is 5.60. The minimum absolute atomic E-state index is 1.11. The van der Waals surface area contributed by atoms with Gasteiger partial charge in [-0.25, -0.2) is 9.13 Å². The number of halogens is 24. The van der Waals surface area contributed by atoms with Crippen molar-refractivity contribution in [2.75, 3.05) is 0 Å². The minimum atomic E-state index is -6.00. The summed E-state index contributed by atoms with van der Waals surface area (Å²) < 4.78 is 238. The Morgan fingerprint density at radius 2 is 0.756 bits per heavy atom. The van der Waals surface area contributed by atoms with Gasteiger partial charge in [0.25, 0.3) is 0 Å². The Morgan fingerprint density at radius 1 is 0.537 bits per heavy atom. The molecule has 1 heterocycles. The molecule has 1 aromatic rings. The lowest BCUT2D eigenvalue weighted by Crippen LogP contribution is -2.30. The van der Waals surface area contributed by atoms with Gasteiger partial charge in [-0.15, -0.1) is 0 Å². The van der Waals surface area contributed by atoms with E-state index in [-0.39, 0.29) is 0 Å². The van der Waals surface area contributed by atoms with Crippen molar-refractivity contribution in [3.63, 3.8) is 0 Å². The molecule has 0 aliphatic carbocycles. The Balaban J connectivity index is -0.0000000904. The predicted molar refractivity (Wildman–Crippen MR) is 107 cm³/mol. The van der Waals surface area contributed by atoms with Gasteiger partial charge in [-0.05, 0) is 6.42 Å². The lowest BCUT2D eigenvalue weighted by molar-refractivity contribution is -0.696. The third kappa shape index (κ3) is 299. The van der Waals surface area contributed by atoms with Gasteiger partial charge in [-0.3, -0.25) is 0 Å². The SMILES string of the molecule is C=Cn1cc[n+](CCCC)c1.F[B-](F)(F)F.F[B-](F)(F)F.F[B-](F)(F)F.F[B-](F)(F)F.F[B-](F)(F)F.F[B-](F)(F)F. The molecular weight excluding hydrogens is 657 g/mol. The average Bonchev–Trinajstić information content (AvgIpc) is 2.99. The van der Waals surface area contributed by atoms with Gasteiger partial charge in [0.1, 0.15) is 12.4 Å². The van der Waals surface area contributed by atoms with Crippen LogP contribution >= 0.6 is 0 Å². The van der Waals surface area contributed by atoms with Crippen LogP contribution < -0.4 is 4.57 Å². The van der Waals surface area contributed by atoms with Crippen molar-refractivity contribution in [2.45, 2.75) is 26.3 Å². The highest BCUT2D eigenvalue weighted by Gasteiger charge is 2.22. The van der Waals surface area contributed by atoms with E-state index in [1.807, 2.05) is 17.1 Å². The first-order chi connectivity index (χ1) is 17.4. The van der Waals surface area contributed by atoms with E-state index in [1.165, 1.54) is 12.8 Å². The number of nitrogens with zero attached hydrogens (tertiary/aromatic N) is 2. The van der Waals surface area contributed by atoms with Crippen molar-refractivity contribution in [1.82, 2.24) is 4.57 Å². The highest BCUT2D eigenvalue weighted by molar-refractivity contribution is 6.51. The van der Waals surface area contributed by atoms with E-state index < -0.39 is 43.5 Å². The molecule has 0 aliphatic heterocycles. The first kappa shape index (κ1) is 51.4. The van der Waals surface area contributed by atoms with E-state index in [0.29, 0.717) is 0 Å². The summed E-state index contributed by atoms with van der Waals surface area (Å²) in [7, 11) is -36.0. The summed E-state index contributed by atoms with van der Waals surface area (Å²) in [6.45, 7) is 6.98. The van der Waals surface area contributed by atoms with E-state index in [0.717, 1.165) is 6.54 Å². The maximum atomic E-state index is 9.75. The molecule has 0 unspecified atom stereocenters. The normalized spacial score (nSPS) is 11.4. The van der Waals surface area contributed by atoms with Crippen LogP contribution in [-0.2, 0) is 6.54 Å². The molecule has 1 aromatic heterocycles. The van der Waals surface area contributed by atoms with Gasteiger partial charge in [0.05, 0.1) is 12.7 Å². The summed E-state index contributed by atoms with van der Waals surface area (Å²) in [5, 5.41) is 0. The van der Waals surface area contributed by atoms with Crippen LogP contribution in [0.15, 0.2) is 25.3 Å². The summed E-state index contributed by atoms with van der Waals surface area (Å²) in [5.74, 6) is 0. The second kappa shape index (κ2) is 23.2. The van der Waals surface area contributed by atoms with E-state index in [9.17, 15) is 104 Å². The van der Waals surface area contributed by atoms with Crippen molar-refractivity contribution in [1.29, 1.82) is 0 Å². The molecule has 0 aliphatic rings. The molecule has 252 valence electrons. The van der Waals surface area contributed by atoms with Crippen molar-refractivity contribution in [2.24, 2.45) is 0 Å². The van der Waals surface area contributed by atoms with Crippen LogP contribution in [0.25, 0.3) is 6.20 Å². The van der Waals surface area contributed by atoms with E-state index in [1.54, 1.807) is 6.20 Å². The number of hydrogen-bond donors (Lipinski definition) is 0. The van der Waals surface area contributed by atoms with E-state index in [2.05, 4.69) is 24.3 Å². The summed E-state index contributed by atoms with van der Waals surface area (Å²) in [6.07, 6.45) is 10.4. The Kier molecular flexibility index (Phi) is 29.1. The average molecular weight is 672 g/mol. The third-order valence-electron chi connectivity index (χ3n) is 1.69. The van der Waals surface area contributed by atoms with Crippen molar-refractivity contribution in [3.05, 3.63) is 25.3 Å². The molecule has 0 saturated heterocycles. The van der Waals surface area contributed by atoms with Crippen LogP contribution in [0.1, 0.15) is 19.8 Å². The maximum absolute atomic E-state index is 9.75. The van der Waals surface area contributed by atoms with Gasteiger partial charge in [-0.2, -0.15) is 0 Å². The van der Waals surface area contributed by atoms with Gasteiger partial charge in [0.15, 0.2) is 0 Å². The largest absolute Gasteiger partial charge is 0.673 e. The molecule has 0 fully saturated rings. The molecule has 0 radical (unpaired) electrons. The third-order valence-corrected chi connectivity index (χ3v) is 1.69. The van der Waals surface area contributed by atoms with Crippen LogP contribution in [0, 0.1) is 0 Å². The number of aryl methyl sites for hydroxylation is 1. The Hall–Kier alpha value is -2.34. The molecule has 0 atom stereocenters. The van der Waals surface area contributed by atoms with E-state index in [4.69, 9.17) is 0 Å². The zero-order chi connectivity index (χ0) is 35.1. The molecule has 1 rings (SSSR count). The Morgan fingerprint density at radius 3 is 0.902 bits per heavy atom. The van der Waals surface area contributed by atoms with Gasteiger partial charge in [-0.1, -0.05) is 19.9 Å². The molecular formula is C9H15B6F24N2-5. The number of unbranched alkanes of at least 4 members (excludes halogenated alkanes) is 1. The zero-order valence-electron chi connectivity index (χ0n) is 19.6. The number of rotatable bonds is 4. The fourth-order valence-corrected chi connectivity index (χ4v) is 0.992. The Labute approximate surface area is 215 Å². The topological polar surface area (TPSA) is 8.81 Å². The molecule has 0 saturated carbocycles. The van der Waals surface area contributed by atoms with Crippen molar-refractivity contribution < 1.29 is 108 Å². The molecule has 0 spiro atoms. The van der Waals surface area contributed by atoms with E-state index >= 15 is 0 Å². The predicted octanol–water partition coefficient (Wildman–Crippen LogP) is 9.48. The monoisotopic (exact) mass is 673 g/mol. The smallest absolute Gasteiger partial charge is 0.418 e. The maximum Gasteiger partial charge on any atom is 0.673 e. The molecule has 0 N–H and O–H groups in total. The molecule has 0 bridgehead atoms. The van der Waals surface area contributed by atoms with Crippen molar-refractivity contribution in [3.8, 4) is 0 Å². The van der Waals surface area contributed by atoms with Crippen LogP contribution in [0.3, 0.4) is 0 Å². The van der Waals surface area contributed by atoms with Crippen molar-refractivity contribution >= 4 is 49.7 Å². The lowest BCUT2D eigenvalue weighted by Gasteiger charge is -1.94. The number of imidazole rings is 1. The minimum Gasteiger partial charge on any atom is -0.418 e. The summed E-state index contributed by atoms with van der Waals surface area (Å²) in [4.78, 5) is 0. The summed E-state index contributed by atoms with van der Waals surface area (Å²) in [6, 6.07) is 0. The first-order valence-electron chi connectivity index (χ1n) is 9.29. The summed E-state index contributed by atoms with van der Waals surface area (Å²) >= 11 is 0. The second-order valence-electron chi connectivity index (χ2n) is 5.60. The molecule has 2 nitrogen and oxygen atoms in total. The Bertz CT molecular complexity index is 587. The molecule has 32 heteroatoms. The highest BCUT2D eigenvalue weighted by atomic mass is 19.5. The van der Waals surface area contributed by atoms with Gasteiger partial charge in [0, 0.05) is 0 Å². The quantitative estimate of drug-likeness (QED) is 0.171. The fraction of sp³-hybridized carbons (Fsp3) is 0.444. The van der Waals surface area contributed by atoms with Gasteiger partial charge < -0.3 is 104 Å². The zero-order valence-corrected chi connectivity index (χ0v) is 19.6. The van der Waals surface area contributed by atoms with Crippen LogP contribution in [0.4, 0.5) is 104 Å². The lowest BCUT2D eigenvalue weighted by atomic mass is 10.3. The number of hydrogen-bond acceptors (Lipinski definition) is 0. The molecule has 41 heavy (non-hydrogen) atoms. The number of aromatic nitrogens is 2. The molecule has 0 aromatic carbocycles. The summed E-state index contributed by atoms with van der Waals surface area (Å²) in [5.41, 5.74) is 0. The van der Waals surface area contributed by atoms with Crippen LogP contribution in [0.2, 0.25) is 0 Å². The standard InChI is InChI=1S/C9H15N2.6BF4/c1-3-5-6-11-8-7-10(4-2)9-11;6*2-1(3,4)5/h4,7-9H,2-3,5-6H2,1H3;;;;;;/q+1;6*-1. The first-order valence-corrected chi connectivity index (χ1v) is 9.29. The van der Waals surface area contributed by atoms with Gasteiger partial charge in [0.2, 0.25) is 6.33 Å². The fourth-order valence-electron chi connectivity index (χ4n) is 0.992. The van der Waals surface area contributed by atoms with Crippen LogP contribution in [-0.4, -0.2) is 48.1 Å². The van der Waals surface area contributed by atoms with Gasteiger partial charge >= 0.3 is 43.5 Å².